The molecule has 33 heavy (non-hydrogen) atoms. The van der Waals surface area contributed by atoms with E-state index in [0.29, 0.717) is 27.5 Å². The van der Waals surface area contributed by atoms with Crippen molar-refractivity contribution in [3.8, 4) is 11.1 Å². The minimum Gasteiger partial charge on any atom is -0.325 e. The van der Waals surface area contributed by atoms with Gasteiger partial charge in [-0.25, -0.2) is 8.78 Å². The van der Waals surface area contributed by atoms with Gasteiger partial charge in [-0.3, -0.25) is 10.8 Å². The van der Waals surface area contributed by atoms with E-state index in [2.05, 4.69) is 12.2 Å². The summed E-state index contributed by atoms with van der Waals surface area (Å²) in [4.78, 5) is 0. The van der Waals surface area contributed by atoms with Gasteiger partial charge in [0.15, 0.2) is 0 Å². The Balaban J connectivity index is 2.06. The lowest BCUT2D eigenvalue weighted by atomic mass is 9.87. The molecule has 0 bridgehead atoms. The summed E-state index contributed by atoms with van der Waals surface area (Å²) in [6.07, 6.45) is -5.62. The molecule has 0 aliphatic carbocycles. The summed E-state index contributed by atoms with van der Waals surface area (Å²) in [5, 5.41) is 20.5. The van der Waals surface area contributed by atoms with Crippen molar-refractivity contribution >= 4 is 22.4 Å². The zero-order chi connectivity index (χ0) is 23.9. The lowest BCUT2D eigenvalue weighted by molar-refractivity contribution is -0.137. The molecular weight excluding hydrogens is 437 g/mol. The van der Waals surface area contributed by atoms with Crippen LogP contribution in [-0.2, 0) is 19.0 Å². The summed E-state index contributed by atoms with van der Waals surface area (Å²) in [6.45, 7) is 2.06. The van der Waals surface area contributed by atoms with Gasteiger partial charge in [0.1, 0.15) is 11.7 Å². The molecule has 0 saturated heterocycles. The number of unbranched alkanes of at least 4 members (excludes halogenated alkanes) is 1. The van der Waals surface area contributed by atoms with Gasteiger partial charge >= 0.3 is 6.18 Å². The molecule has 1 aliphatic rings. The van der Waals surface area contributed by atoms with Crippen molar-refractivity contribution in [2.75, 3.05) is 0 Å². The molecule has 4 rings (SSSR count). The molecule has 1 aliphatic heterocycles. The molecule has 8 heteroatoms. The molecule has 0 spiro atoms. The largest absolute Gasteiger partial charge is 0.416 e. The zero-order valence-electron chi connectivity index (χ0n) is 17.8. The first-order valence-corrected chi connectivity index (χ1v) is 10.6. The lowest BCUT2D eigenvalue weighted by Gasteiger charge is -2.17. The van der Waals surface area contributed by atoms with Gasteiger partial charge in [-0.15, -0.1) is 0 Å². The predicted molar refractivity (Wildman–Crippen MR) is 119 cm³/mol. The van der Waals surface area contributed by atoms with Crippen LogP contribution in [0.4, 0.5) is 22.0 Å². The molecule has 3 aromatic carbocycles. The first kappa shape index (κ1) is 22.9. The van der Waals surface area contributed by atoms with Crippen molar-refractivity contribution in [2.24, 2.45) is 0 Å². The Morgan fingerprint density at radius 3 is 2.33 bits per heavy atom. The fourth-order valence-corrected chi connectivity index (χ4v) is 4.29. The Morgan fingerprint density at radius 1 is 0.909 bits per heavy atom. The summed E-state index contributed by atoms with van der Waals surface area (Å²) >= 11 is 0. The molecule has 3 aromatic rings. The molecule has 3 nitrogen and oxygen atoms in total. The highest BCUT2D eigenvalue weighted by atomic mass is 19.4. The highest BCUT2D eigenvalue weighted by Crippen LogP contribution is 2.40. The van der Waals surface area contributed by atoms with Gasteiger partial charge in [-0.05, 0) is 58.5 Å². The number of rotatable bonds is 6. The normalized spacial score (nSPS) is 13.7. The van der Waals surface area contributed by atoms with Gasteiger partial charge in [-0.2, -0.15) is 13.2 Å². The first-order chi connectivity index (χ1) is 15.6. The van der Waals surface area contributed by atoms with Crippen molar-refractivity contribution in [1.82, 2.24) is 5.32 Å². The molecule has 0 unspecified atom stereocenters. The van der Waals surface area contributed by atoms with Gasteiger partial charge in [0.2, 0.25) is 6.43 Å². The highest BCUT2D eigenvalue weighted by Gasteiger charge is 2.33. The van der Waals surface area contributed by atoms with Crippen LogP contribution in [0.5, 0.6) is 0 Å². The van der Waals surface area contributed by atoms with E-state index < -0.39 is 24.6 Å². The van der Waals surface area contributed by atoms with Crippen molar-refractivity contribution in [3.05, 3.63) is 70.3 Å². The zero-order valence-corrected chi connectivity index (χ0v) is 17.8. The molecule has 3 N–H and O–H groups in total. The van der Waals surface area contributed by atoms with E-state index in [4.69, 9.17) is 10.8 Å². The second kappa shape index (κ2) is 8.57. The topological polar surface area (TPSA) is 59.7 Å². The third kappa shape index (κ3) is 4.47. The summed E-state index contributed by atoms with van der Waals surface area (Å²) in [6, 6.07) is 10.5. The maximum atomic E-state index is 13.7. The molecule has 0 radical (unpaired) electrons. The second-order valence-corrected chi connectivity index (χ2v) is 8.22. The van der Waals surface area contributed by atoms with E-state index >= 15 is 0 Å². The molecule has 0 atom stereocenters. The summed E-state index contributed by atoms with van der Waals surface area (Å²) < 4.78 is 67.1. The second-order valence-electron chi connectivity index (χ2n) is 8.22. The molecule has 0 amide bonds. The van der Waals surface area contributed by atoms with Crippen LogP contribution < -0.4 is 5.32 Å². The van der Waals surface area contributed by atoms with Crippen LogP contribution >= 0.6 is 0 Å². The maximum Gasteiger partial charge on any atom is 0.416 e. The van der Waals surface area contributed by atoms with E-state index in [1.807, 2.05) is 18.2 Å². The van der Waals surface area contributed by atoms with Gasteiger partial charge in [-0.1, -0.05) is 37.6 Å². The SMILES string of the molecule is CCCCc1ccc2cc3c(c(-c4cc(CC(F)F)cc(C(F)(F)F)c4)c2c1)C(=N)NC3=N. The number of amidine groups is 2. The quantitative estimate of drug-likeness (QED) is 0.344. The summed E-state index contributed by atoms with van der Waals surface area (Å²) in [5.41, 5.74) is 1.02. The van der Waals surface area contributed by atoms with E-state index in [0.717, 1.165) is 37.0 Å². The standard InChI is InChI=1S/C25H22F5N3/c1-2-3-4-13-5-6-15-12-19-22(24(32)33-23(19)31)21(18(15)9-13)16-7-14(10-20(26)27)8-17(11-16)25(28,29)30/h5-9,11-12,20H,2-4,10H2,1H3,(H3,31,32,33). The predicted octanol–water partition coefficient (Wildman–Crippen LogP) is 6.93. The van der Waals surface area contributed by atoms with Gasteiger partial charge in [0.05, 0.1) is 5.56 Å². The Bertz CT molecular complexity index is 1260. The number of benzene rings is 3. The smallest absolute Gasteiger partial charge is 0.325 e. The third-order valence-corrected chi connectivity index (χ3v) is 5.79. The Hall–Kier alpha value is -3.29. The first-order valence-electron chi connectivity index (χ1n) is 10.6. The highest BCUT2D eigenvalue weighted by molar-refractivity contribution is 6.28. The Kier molecular flexibility index (Phi) is 5.95. The van der Waals surface area contributed by atoms with Gasteiger partial charge in [0.25, 0.3) is 0 Å². The van der Waals surface area contributed by atoms with Crippen LogP contribution in [-0.4, -0.2) is 18.1 Å². The average molecular weight is 459 g/mol. The van der Waals surface area contributed by atoms with E-state index in [9.17, 15) is 22.0 Å². The number of nitrogens with one attached hydrogen (secondary N) is 3. The van der Waals surface area contributed by atoms with Crippen LogP contribution in [0, 0.1) is 10.8 Å². The van der Waals surface area contributed by atoms with Crippen molar-refractivity contribution in [3.63, 3.8) is 0 Å². The van der Waals surface area contributed by atoms with Crippen LogP contribution in [0.3, 0.4) is 0 Å². The number of hydrogen-bond donors (Lipinski definition) is 3. The average Bonchev–Trinajstić information content (AvgIpc) is 3.02. The Morgan fingerprint density at radius 2 is 1.67 bits per heavy atom. The number of alkyl halides is 5. The molecular formula is C25H22F5N3. The van der Waals surface area contributed by atoms with E-state index in [1.54, 1.807) is 6.07 Å². The van der Waals surface area contributed by atoms with E-state index in [1.165, 1.54) is 6.07 Å². The van der Waals surface area contributed by atoms with Crippen molar-refractivity contribution < 1.29 is 22.0 Å². The minimum absolute atomic E-state index is 0.0204. The molecule has 0 fully saturated rings. The van der Waals surface area contributed by atoms with E-state index in [-0.39, 0.29) is 22.8 Å². The molecule has 1 heterocycles. The number of aryl methyl sites for hydroxylation is 1. The molecule has 172 valence electrons. The summed E-state index contributed by atoms with van der Waals surface area (Å²) in [7, 11) is 0. The number of halogens is 5. The van der Waals surface area contributed by atoms with Gasteiger partial charge < -0.3 is 5.32 Å². The maximum absolute atomic E-state index is 13.7. The lowest BCUT2D eigenvalue weighted by Crippen LogP contribution is -2.20. The Labute approximate surface area is 187 Å². The van der Waals surface area contributed by atoms with Crippen molar-refractivity contribution in [2.45, 2.75) is 45.2 Å². The minimum atomic E-state index is -4.72. The fourth-order valence-electron chi connectivity index (χ4n) is 4.29. The number of fused-ring (bicyclic) bond motifs is 2. The third-order valence-electron chi connectivity index (χ3n) is 5.79. The van der Waals surface area contributed by atoms with Crippen LogP contribution in [0.25, 0.3) is 21.9 Å². The van der Waals surface area contributed by atoms with Crippen LogP contribution in [0.1, 0.15) is 47.6 Å². The van der Waals surface area contributed by atoms with Crippen LogP contribution in [0.2, 0.25) is 0 Å². The molecule has 0 saturated carbocycles. The van der Waals surface area contributed by atoms with Gasteiger partial charge in [0, 0.05) is 23.1 Å². The van der Waals surface area contributed by atoms with Crippen molar-refractivity contribution in [1.29, 1.82) is 10.8 Å². The molecule has 0 aromatic heterocycles. The summed E-state index contributed by atoms with van der Waals surface area (Å²) in [5.74, 6) is -0.119. The number of hydrogen-bond acceptors (Lipinski definition) is 2. The fraction of sp³-hybridized carbons (Fsp3) is 0.280. The van der Waals surface area contributed by atoms with Crippen LogP contribution in [0.15, 0.2) is 42.5 Å². The monoisotopic (exact) mass is 459 g/mol.